The van der Waals surface area contributed by atoms with Crippen molar-refractivity contribution >= 4 is 21.6 Å². The number of hydrogen-bond acceptors (Lipinski definition) is 6. The molecule has 0 fully saturated rings. The number of benzene rings is 2. The number of rotatable bonds is 6. The molecule has 0 aliphatic carbocycles. The SMILES string of the molecule is O=C1Cc2cc(S(=O)(=O)NCCc3nc(-c4ccccc4)no3)ccc2N1. The molecule has 2 heterocycles. The molecule has 4 rings (SSSR count). The number of aromatic nitrogens is 2. The highest BCUT2D eigenvalue weighted by molar-refractivity contribution is 7.89. The third kappa shape index (κ3) is 3.74. The molecular weight excluding hydrogens is 368 g/mol. The molecule has 3 aromatic rings. The Morgan fingerprint density at radius 1 is 1.15 bits per heavy atom. The van der Waals surface area contributed by atoms with Crippen LogP contribution in [0.15, 0.2) is 57.9 Å². The summed E-state index contributed by atoms with van der Waals surface area (Å²) in [7, 11) is -3.69. The smallest absolute Gasteiger partial charge is 0.240 e. The lowest BCUT2D eigenvalue weighted by atomic mass is 10.2. The maximum atomic E-state index is 12.4. The molecule has 2 aromatic carbocycles. The number of carbonyl (C=O) groups is 1. The van der Waals surface area contributed by atoms with Gasteiger partial charge in [-0.1, -0.05) is 35.5 Å². The first-order chi connectivity index (χ1) is 13.0. The molecule has 27 heavy (non-hydrogen) atoms. The van der Waals surface area contributed by atoms with Crippen LogP contribution < -0.4 is 10.0 Å². The number of fused-ring (bicyclic) bond motifs is 1. The van der Waals surface area contributed by atoms with Crippen LogP contribution in [-0.4, -0.2) is 31.0 Å². The standard InChI is InChI=1S/C18H16N4O4S/c23-16-11-13-10-14(6-7-15(13)20-16)27(24,25)19-9-8-17-21-18(22-26-17)12-4-2-1-3-5-12/h1-7,10,19H,8-9,11H2,(H,20,23). The zero-order chi connectivity index (χ0) is 18.9. The van der Waals surface area contributed by atoms with Crippen LogP contribution in [-0.2, 0) is 27.7 Å². The Kier molecular flexibility index (Phi) is 4.46. The molecule has 1 amide bonds. The van der Waals surface area contributed by atoms with Crippen molar-refractivity contribution in [1.82, 2.24) is 14.9 Å². The normalized spacial score (nSPS) is 13.4. The van der Waals surface area contributed by atoms with Gasteiger partial charge in [0.25, 0.3) is 0 Å². The van der Waals surface area contributed by atoms with Gasteiger partial charge in [0.2, 0.25) is 27.6 Å². The van der Waals surface area contributed by atoms with Crippen molar-refractivity contribution < 1.29 is 17.7 Å². The second kappa shape index (κ2) is 6.93. The maximum absolute atomic E-state index is 12.4. The van der Waals surface area contributed by atoms with Crippen LogP contribution in [0.4, 0.5) is 5.69 Å². The predicted molar refractivity (Wildman–Crippen MR) is 97.4 cm³/mol. The lowest BCUT2D eigenvalue weighted by molar-refractivity contribution is -0.115. The summed E-state index contributed by atoms with van der Waals surface area (Å²) in [6, 6.07) is 13.9. The molecule has 0 radical (unpaired) electrons. The summed E-state index contributed by atoms with van der Waals surface area (Å²) >= 11 is 0. The lowest BCUT2D eigenvalue weighted by Gasteiger charge is -2.07. The van der Waals surface area contributed by atoms with E-state index in [0.29, 0.717) is 23.0 Å². The molecule has 1 aliphatic rings. The van der Waals surface area contributed by atoms with Crippen LogP contribution >= 0.6 is 0 Å². The molecular formula is C18H16N4O4S. The number of sulfonamides is 1. The van der Waals surface area contributed by atoms with Gasteiger partial charge in [-0.05, 0) is 23.8 Å². The Balaban J connectivity index is 1.40. The highest BCUT2D eigenvalue weighted by atomic mass is 32.2. The molecule has 8 nitrogen and oxygen atoms in total. The minimum atomic E-state index is -3.69. The van der Waals surface area contributed by atoms with Crippen molar-refractivity contribution in [3.63, 3.8) is 0 Å². The van der Waals surface area contributed by atoms with Crippen molar-refractivity contribution in [2.45, 2.75) is 17.7 Å². The van der Waals surface area contributed by atoms with E-state index < -0.39 is 10.0 Å². The Labute approximate surface area is 155 Å². The summed E-state index contributed by atoms with van der Waals surface area (Å²) in [6.45, 7) is 0.118. The number of nitrogens with zero attached hydrogens (tertiary/aromatic N) is 2. The second-order valence-electron chi connectivity index (χ2n) is 6.07. The molecule has 138 valence electrons. The molecule has 9 heteroatoms. The molecule has 1 aliphatic heterocycles. The Morgan fingerprint density at radius 2 is 1.96 bits per heavy atom. The van der Waals surface area contributed by atoms with Gasteiger partial charge in [0.05, 0.1) is 11.3 Å². The van der Waals surface area contributed by atoms with Gasteiger partial charge >= 0.3 is 0 Å². The second-order valence-corrected chi connectivity index (χ2v) is 7.84. The van der Waals surface area contributed by atoms with Gasteiger partial charge in [0.15, 0.2) is 0 Å². The highest BCUT2D eigenvalue weighted by Gasteiger charge is 2.21. The molecule has 0 atom stereocenters. The molecule has 0 bridgehead atoms. The number of nitrogens with one attached hydrogen (secondary N) is 2. The number of hydrogen-bond donors (Lipinski definition) is 2. The maximum Gasteiger partial charge on any atom is 0.240 e. The van der Waals surface area contributed by atoms with E-state index in [-0.39, 0.29) is 30.2 Å². The number of anilines is 1. The van der Waals surface area contributed by atoms with Gasteiger partial charge in [0.1, 0.15) is 0 Å². The number of carbonyl (C=O) groups excluding carboxylic acids is 1. The average molecular weight is 384 g/mol. The van der Waals surface area contributed by atoms with E-state index in [1.54, 1.807) is 6.07 Å². The van der Waals surface area contributed by atoms with Crippen LogP contribution in [0, 0.1) is 0 Å². The van der Waals surface area contributed by atoms with Crippen LogP contribution in [0.2, 0.25) is 0 Å². The fourth-order valence-corrected chi connectivity index (χ4v) is 3.89. The van der Waals surface area contributed by atoms with Gasteiger partial charge in [-0.25, -0.2) is 13.1 Å². The average Bonchev–Trinajstić information content (AvgIpc) is 3.27. The van der Waals surface area contributed by atoms with E-state index in [9.17, 15) is 13.2 Å². The fraction of sp³-hybridized carbons (Fsp3) is 0.167. The zero-order valence-electron chi connectivity index (χ0n) is 14.2. The third-order valence-corrected chi connectivity index (χ3v) is 5.60. The largest absolute Gasteiger partial charge is 0.339 e. The summed E-state index contributed by atoms with van der Waals surface area (Å²) in [5.74, 6) is 0.669. The zero-order valence-corrected chi connectivity index (χ0v) is 15.0. The molecule has 0 unspecified atom stereocenters. The molecule has 0 saturated heterocycles. The summed E-state index contributed by atoms with van der Waals surface area (Å²) < 4.78 is 32.6. The lowest BCUT2D eigenvalue weighted by Crippen LogP contribution is -2.26. The minimum Gasteiger partial charge on any atom is -0.339 e. The summed E-state index contributed by atoms with van der Waals surface area (Å²) in [5.41, 5.74) is 2.15. The summed E-state index contributed by atoms with van der Waals surface area (Å²) in [5, 5.41) is 6.58. The van der Waals surface area contributed by atoms with E-state index >= 15 is 0 Å². The van der Waals surface area contributed by atoms with Crippen molar-refractivity contribution in [3.05, 3.63) is 60.0 Å². The Hall–Kier alpha value is -3.04. The molecule has 0 spiro atoms. The Bertz CT molecular complexity index is 1090. The molecule has 1 aromatic heterocycles. The van der Waals surface area contributed by atoms with E-state index in [2.05, 4.69) is 20.2 Å². The van der Waals surface area contributed by atoms with Crippen molar-refractivity contribution in [2.75, 3.05) is 11.9 Å². The highest BCUT2D eigenvalue weighted by Crippen LogP contribution is 2.25. The first-order valence-corrected chi connectivity index (χ1v) is 9.80. The van der Waals surface area contributed by atoms with Gasteiger partial charge < -0.3 is 9.84 Å². The minimum absolute atomic E-state index is 0.118. The van der Waals surface area contributed by atoms with E-state index in [0.717, 1.165) is 5.56 Å². The predicted octanol–water partition coefficient (Wildman–Crippen LogP) is 1.75. The first kappa shape index (κ1) is 17.4. The van der Waals surface area contributed by atoms with Gasteiger partial charge in [-0.15, -0.1) is 0 Å². The number of amides is 1. The van der Waals surface area contributed by atoms with Gasteiger partial charge in [-0.3, -0.25) is 4.79 Å². The van der Waals surface area contributed by atoms with Crippen LogP contribution in [0.3, 0.4) is 0 Å². The Morgan fingerprint density at radius 3 is 2.78 bits per heavy atom. The van der Waals surface area contributed by atoms with Crippen molar-refractivity contribution in [3.8, 4) is 11.4 Å². The molecule has 2 N–H and O–H groups in total. The topological polar surface area (TPSA) is 114 Å². The van der Waals surface area contributed by atoms with E-state index in [1.165, 1.54) is 12.1 Å². The third-order valence-electron chi connectivity index (χ3n) is 4.14. The van der Waals surface area contributed by atoms with Gasteiger partial charge in [-0.2, -0.15) is 4.98 Å². The first-order valence-electron chi connectivity index (χ1n) is 8.32. The van der Waals surface area contributed by atoms with E-state index in [4.69, 9.17) is 4.52 Å². The quantitative estimate of drug-likeness (QED) is 0.669. The van der Waals surface area contributed by atoms with Crippen LogP contribution in [0.25, 0.3) is 11.4 Å². The van der Waals surface area contributed by atoms with Crippen molar-refractivity contribution in [2.24, 2.45) is 0 Å². The van der Waals surface area contributed by atoms with Crippen molar-refractivity contribution in [1.29, 1.82) is 0 Å². The summed E-state index contributed by atoms with van der Waals surface area (Å²) in [6.07, 6.45) is 0.451. The van der Waals surface area contributed by atoms with Gasteiger partial charge in [0, 0.05) is 24.2 Å². The van der Waals surface area contributed by atoms with Crippen LogP contribution in [0.1, 0.15) is 11.5 Å². The molecule has 0 saturated carbocycles. The monoisotopic (exact) mass is 384 g/mol. The van der Waals surface area contributed by atoms with Crippen LogP contribution in [0.5, 0.6) is 0 Å². The van der Waals surface area contributed by atoms with E-state index in [1.807, 2.05) is 30.3 Å². The summed E-state index contributed by atoms with van der Waals surface area (Å²) in [4.78, 5) is 15.8. The fourth-order valence-electron chi connectivity index (χ4n) is 2.81.